The Morgan fingerprint density at radius 2 is 2.05 bits per heavy atom. The minimum absolute atomic E-state index is 0.209. The summed E-state index contributed by atoms with van der Waals surface area (Å²) in [5, 5.41) is 0. The van der Waals surface area contributed by atoms with E-state index in [0.717, 1.165) is 29.9 Å². The molecule has 0 saturated carbocycles. The van der Waals surface area contributed by atoms with Gasteiger partial charge >= 0.3 is 0 Å². The predicted molar refractivity (Wildman–Crippen MR) is 88.7 cm³/mol. The summed E-state index contributed by atoms with van der Waals surface area (Å²) in [6.45, 7) is 3.58. The minimum atomic E-state index is 0.209. The molecule has 0 amide bonds. The van der Waals surface area contributed by atoms with Crippen molar-refractivity contribution in [2.24, 2.45) is 11.7 Å². The quantitative estimate of drug-likeness (QED) is 0.851. The highest BCUT2D eigenvalue weighted by Gasteiger charge is 2.27. The van der Waals surface area contributed by atoms with Gasteiger partial charge in [0, 0.05) is 30.3 Å². The molecule has 118 valence electrons. The van der Waals surface area contributed by atoms with Crippen LogP contribution in [-0.4, -0.2) is 45.4 Å². The molecule has 1 aromatic rings. The maximum Gasteiger partial charge on any atom is 0.123 e. The second kappa shape index (κ2) is 8.13. The number of nitrogens with zero attached hydrogens (tertiary/aromatic N) is 1. The van der Waals surface area contributed by atoms with Gasteiger partial charge in [0.25, 0.3) is 0 Å². The lowest BCUT2D eigenvalue weighted by atomic mass is 9.94. The van der Waals surface area contributed by atoms with Crippen molar-refractivity contribution in [1.29, 1.82) is 0 Å². The summed E-state index contributed by atoms with van der Waals surface area (Å²) in [7, 11) is 3.49. The van der Waals surface area contributed by atoms with Crippen molar-refractivity contribution in [1.82, 2.24) is 4.90 Å². The number of ether oxygens (including phenoxy) is 2. The molecule has 4 nitrogen and oxygen atoms in total. The van der Waals surface area contributed by atoms with Crippen molar-refractivity contribution >= 4 is 15.9 Å². The van der Waals surface area contributed by atoms with Gasteiger partial charge in [0.1, 0.15) is 5.75 Å². The molecule has 1 fully saturated rings. The fourth-order valence-corrected chi connectivity index (χ4v) is 3.48. The van der Waals surface area contributed by atoms with Crippen LogP contribution in [0.2, 0.25) is 0 Å². The maximum absolute atomic E-state index is 6.07. The van der Waals surface area contributed by atoms with E-state index >= 15 is 0 Å². The Bertz CT molecular complexity index is 448. The van der Waals surface area contributed by atoms with Gasteiger partial charge in [0.05, 0.1) is 13.2 Å². The predicted octanol–water partition coefficient (Wildman–Crippen LogP) is 2.82. The zero-order chi connectivity index (χ0) is 15.2. The van der Waals surface area contributed by atoms with Gasteiger partial charge in [-0.1, -0.05) is 15.9 Å². The molecule has 5 heteroatoms. The van der Waals surface area contributed by atoms with Crippen molar-refractivity contribution < 1.29 is 9.47 Å². The molecule has 1 aliphatic heterocycles. The van der Waals surface area contributed by atoms with Crippen LogP contribution >= 0.6 is 15.9 Å². The van der Waals surface area contributed by atoms with Crippen LogP contribution in [-0.2, 0) is 4.74 Å². The zero-order valence-electron chi connectivity index (χ0n) is 12.8. The summed E-state index contributed by atoms with van der Waals surface area (Å²) in [5.41, 5.74) is 7.23. The summed E-state index contributed by atoms with van der Waals surface area (Å²) >= 11 is 3.55. The average molecular weight is 357 g/mol. The number of halogens is 1. The second-order valence-corrected chi connectivity index (χ2v) is 6.49. The summed E-state index contributed by atoms with van der Waals surface area (Å²) < 4.78 is 11.8. The molecule has 2 N–H and O–H groups in total. The highest BCUT2D eigenvalue weighted by atomic mass is 79.9. The number of piperidine rings is 1. The number of benzene rings is 1. The van der Waals surface area contributed by atoms with Crippen LogP contribution in [0.4, 0.5) is 0 Å². The average Bonchev–Trinajstić information content (AvgIpc) is 2.50. The Hall–Kier alpha value is -0.620. The van der Waals surface area contributed by atoms with Crippen molar-refractivity contribution in [3.8, 4) is 5.75 Å². The number of likely N-dealkylation sites (tertiary alicyclic amines) is 1. The molecule has 1 heterocycles. The molecule has 0 spiro atoms. The molecule has 2 rings (SSSR count). The Kier molecular flexibility index (Phi) is 6.48. The van der Waals surface area contributed by atoms with E-state index in [1.165, 1.54) is 18.4 Å². The first-order chi connectivity index (χ1) is 10.2. The third kappa shape index (κ3) is 4.19. The number of hydrogen-bond donors (Lipinski definition) is 1. The third-order valence-corrected chi connectivity index (χ3v) is 4.76. The van der Waals surface area contributed by atoms with E-state index in [1.807, 2.05) is 12.1 Å². The van der Waals surface area contributed by atoms with Gasteiger partial charge in [0.2, 0.25) is 0 Å². The van der Waals surface area contributed by atoms with Crippen LogP contribution in [0.3, 0.4) is 0 Å². The fraction of sp³-hybridized carbons (Fsp3) is 0.625. The van der Waals surface area contributed by atoms with Crippen molar-refractivity contribution in [3.63, 3.8) is 0 Å². The minimum Gasteiger partial charge on any atom is -0.496 e. The number of nitrogens with two attached hydrogens (primary N) is 1. The lowest BCUT2D eigenvalue weighted by Gasteiger charge is -2.37. The molecule has 0 aromatic heterocycles. The van der Waals surface area contributed by atoms with Crippen LogP contribution in [0.1, 0.15) is 24.4 Å². The third-order valence-electron chi connectivity index (χ3n) is 4.27. The van der Waals surface area contributed by atoms with E-state index in [-0.39, 0.29) is 6.04 Å². The van der Waals surface area contributed by atoms with Gasteiger partial charge in [-0.3, -0.25) is 4.90 Å². The van der Waals surface area contributed by atoms with Gasteiger partial charge < -0.3 is 15.2 Å². The van der Waals surface area contributed by atoms with E-state index in [1.54, 1.807) is 14.2 Å². The van der Waals surface area contributed by atoms with Crippen LogP contribution < -0.4 is 10.5 Å². The van der Waals surface area contributed by atoms with E-state index in [2.05, 4.69) is 26.9 Å². The van der Waals surface area contributed by atoms with Crippen molar-refractivity contribution in [3.05, 3.63) is 28.2 Å². The van der Waals surface area contributed by atoms with Gasteiger partial charge in [-0.25, -0.2) is 0 Å². The fourth-order valence-electron chi connectivity index (χ4n) is 3.11. The molecule has 1 unspecified atom stereocenters. The first kappa shape index (κ1) is 16.7. The number of methoxy groups -OCH3 is 2. The number of hydrogen-bond acceptors (Lipinski definition) is 4. The molecule has 0 radical (unpaired) electrons. The molecule has 1 atom stereocenters. The normalized spacial score (nSPS) is 18.7. The second-order valence-electron chi connectivity index (χ2n) is 5.57. The summed E-state index contributed by atoms with van der Waals surface area (Å²) in [6.07, 6.45) is 2.33. The Balaban J connectivity index is 2.12. The molecule has 0 aliphatic carbocycles. The topological polar surface area (TPSA) is 47.7 Å². The first-order valence-electron chi connectivity index (χ1n) is 7.46. The SMILES string of the molecule is COCC1CCN(C(CN)c2cc(Br)ccc2OC)CC1. The molecule has 1 saturated heterocycles. The molecule has 1 aliphatic rings. The summed E-state index contributed by atoms with van der Waals surface area (Å²) in [6, 6.07) is 6.33. The van der Waals surface area contributed by atoms with Gasteiger partial charge in [0.15, 0.2) is 0 Å². The Morgan fingerprint density at radius 1 is 1.33 bits per heavy atom. The van der Waals surface area contributed by atoms with Crippen molar-refractivity contribution in [2.75, 3.05) is 40.5 Å². The smallest absolute Gasteiger partial charge is 0.123 e. The van der Waals surface area contributed by atoms with E-state index < -0.39 is 0 Å². The van der Waals surface area contributed by atoms with Crippen LogP contribution in [0, 0.1) is 5.92 Å². The standard InChI is InChI=1S/C16H25BrN2O2/c1-20-11-12-5-7-19(8-6-12)15(10-18)14-9-13(17)3-4-16(14)21-2/h3-4,9,12,15H,5-8,10-11,18H2,1-2H3. The Labute approximate surface area is 135 Å². The summed E-state index contributed by atoms with van der Waals surface area (Å²) in [5.74, 6) is 1.58. The maximum atomic E-state index is 6.07. The molecule has 0 bridgehead atoms. The molecule has 1 aromatic carbocycles. The van der Waals surface area contributed by atoms with Crippen LogP contribution in [0.5, 0.6) is 5.75 Å². The molecular formula is C16H25BrN2O2. The molecule has 21 heavy (non-hydrogen) atoms. The largest absolute Gasteiger partial charge is 0.496 e. The molecular weight excluding hydrogens is 332 g/mol. The number of rotatable bonds is 6. The zero-order valence-corrected chi connectivity index (χ0v) is 14.4. The Morgan fingerprint density at radius 3 is 2.62 bits per heavy atom. The van der Waals surface area contributed by atoms with Gasteiger partial charge in [-0.2, -0.15) is 0 Å². The van der Waals surface area contributed by atoms with E-state index in [0.29, 0.717) is 12.5 Å². The van der Waals surface area contributed by atoms with Gasteiger partial charge in [-0.15, -0.1) is 0 Å². The van der Waals surface area contributed by atoms with E-state index in [4.69, 9.17) is 15.2 Å². The monoisotopic (exact) mass is 356 g/mol. The van der Waals surface area contributed by atoms with E-state index in [9.17, 15) is 0 Å². The van der Waals surface area contributed by atoms with Crippen LogP contribution in [0.25, 0.3) is 0 Å². The first-order valence-corrected chi connectivity index (χ1v) is 8.25. The highest BCUT2D eigenvalue weighted by Crippen LogP contribution is 2.33. The summed E-state index contributed by atoms with van der Waals surface area (Å²) in [4.78, 5) is 2.47. The highest BCUT2D eigenvalue weighted by molar-refractivity contribution is 9.10. The van der Waals surface area contributed by atoms with Crippen LogP contribution in [0.15, 0.2) is 22.7 Å². The van der Waals surface area contributed by atoms with Crippen molar-refractivity contribution in [2.45, 2.75) is 18.9 Å². The van der Waals surface area contributed by atoms with Gasteiger partial charge in [-0.05, 0) is 50.0 Å². The lowest BCUT2D eigenvalue weighted by Crippen LogP contribution is -2.40. The lowest BCUT2D eigenvalue weighted by molar-refractivity contribution is 0.0804.